The standard InChI is InChI=1S/C20H27N3O3S2/c1-16-2-4-19(5-3-16)28(24,25)23-13-6-17(7-14-23)22-11-8-18(9-12-22)26-20-21-10-15-27-20/h2-5,10,15,17-18H,6-9,11-14H2,1H3. The summed E-state index contributed by atoms with van der Waals surface area (Å²) < 4.78 is 33.3. The van der Waals surface area contributed by atoms with E-state index in [0.717, 1.165) is 49.5 Å². The van der Waals surface area contributed by atoms with Crippen LogP contribution >= 0.6 is 11.3 Å². The smallest absolute Gasteiger partial charge is 0.273 e. The summed E-state index contributed by atoms with van der Waals surface area (Å²) in [5, 5.41) is 2.69. The van der Waals surface area contributed by atoms with E-state index in [1.165, 1.54) is 11.3 Å². The molecule has 1 aromatic carbocycles. The van der Waals surface area contributed by atoms with E-state index in [2.05, 4.69) is 9.88 Å². The van der Waals surface area contributed by atoms with Crippen molar-refractivity contribution in [2.75, 3.05) is 26.2 Å². The van der Waals surface area contributed by atoms with Crippen LogP contribution in [-0.2, 0) is 10.0 Å². The molecule has 152 valence electrons. The highest BCUT2D eigenvalue weighted by atomic mass is 32.2. The zero-order valence-electron chi connectivity index (χ0n) is 16.2. The number of rotatable bonds is 5. The number of nitrogens with zero attached hydrogens (tertiary/aromatic N) is 3. The number of thiazole rings is 1. The van der Waals surface area contributed by atoms with Gasteiger partial charge in [0.05, 0.1) is 4.90 Å². The minimum atomic E-state index is -3.38. The Morgan fingerprint density at radius 2 is 1.71 bits per heavy atom. The number of ether oxygens (including phenoxy) is 1. The van der Waals surface area contributed by atoms with Crippen LogP contribution < -0.4 is 4.74 Å². The Kier molecular flexibility index (Phi) is 6.01. The molecule has 3 heterocycles. The zero-order chi connectivity index (χ0) is 19.6. The van der Waals surface area contributed by atoms with Crippen LogP contribution in [0.3, 0.4) is 0 Å². The lowest BCUT2D eigenvalue weighted by Crippen LogP contribution is -2.50. The molecule has 0 amide bonds. The third kappa shape index (κ3) is 4.40. The summed E-state index contributed by atoms with van der Waals surface area (Å²) in [5.74, 6) is 0. The van der Waals surface area contributed by atoms with Crippen LogP contribution in [0.25, 0.3) is 0 Å². The van der Waals surface area contributed by atoms with E-state index in [0.29, 0.717) is 24.0 Å². The zero-order valence-corrected chi connectivity index (χ0v) is 17.8. The predicted molar refractivity (Wildman–Crippen MR) is 110 cm³/mol. The fourth-order valence-corrected chi connectivity index (χ4v) is 6.10. The lowest BCUT2D eigenvalue weighted by Gasteiger charge is -2.41. The van der Waals surface area contributed by atoms with E-state index in [-0.39, 0.29) is 6.10 Å². The second-order valence-electron chi connectivity index (χ2n) is 7.60. The molecule has 1 aromatic heterocycles. The highest BCUT2D eigenvalue weighted by molar-refractivity contribution is 7.89. The average Bonchev–Trinajstić information content (AvgIpc) is 3.22. The Hall–Kier alpha value is -1.48. The van der Waals surface area contributed by atoms with Crippen molar-refractivity contribution in [3.05, 3.63) is 41.4 Å². The fourth-order valence-electron chi connectivity index (χ4n) is 4.08. The van der Waals surface area contributed by atoms with Crippen molar-refractivity contribution in [1.29, 1.82) is 0 Å². The van der Waals surface area contributed by atoms with E-state index >= 15 is 0 Å². The van der Waals surface area contributed by atoms with Gasteiger partial charge in [-0.1, -0.05) is 29.0 Å². The Bertz CT molecular complexity index is 853. The first-order valence-electron chi connectivity index (χ1n) is 9.89. The fraction of sp³-hybridized carbons (Fsp3) is 0.550. The van der Waals surface area contributed by atoms with Gasteiger partial charge in [-0.05, 0) is 44.7 Å². The molecule has 0 N–H and O–H groups in total. The third-order valence-corrected chi connectivity index (χ3v) is 8.33. The summed E-state index contributed by atoms with van der Waals surface area (Å²) >= 11 is 1.54. The van der Waals surface area contributed by atoms with Crippen LogP contribution in [0.4, 0.5) is 0 Å². The molecule has 6 nitrogen and oxygen atoms in total. The van der Waals surface area contributed by atoms with Gasteiger partial charge < -0.3 is 9.64 Å². The van der Waals surface area contributed by atoms with Gasteiger partial charge in [-0.2, -0.15) is 4.31 Å². The van der Waals surface area contributed by atoms with Crippen molar-refractivity contribution >= 4 is 21.4 Å². The average molecular weight is 422 g/mol. The molecule has 2 aromatic rings. The molecule has 4 rings (SSSR count). The second-order valence-corrected chi connectivity index (χ2v) is 10.4. The van der Waals surface area contributed by atoms with Crippen LogP contribution in [0.1, 0.15) is 31.2 Å². The number of aryl methyl sites for hydroxylation is 1. The molecule has 2 aliphatic heterocycles. The predicted octanol–water partition coefficient (Wildman–Crippen LogP) is 3.15. The SMILES string of the molecule is Cc1ccc(S(=O)(=O)N2CCC(N3CCC(Oc4nccs4)CC3)CC2)cc1. The van der Waals surface area contributed by atoms with Crippen LogP contribution in [0.2, 0.25) is 0 Å². The summed E-state index contributed by atoms with van der Waals surface area (Å²) in [7, 11) is -3.38. The normalized spacial score (nSPS) is 21.0. The van der Waals surface area contributed by atoms with Crippen molar-refractivity contribution in [3.8, 4) is 5.19 Å². The maximum Gasteiger partial charge on any atom is 0.273 e. The summed E-state index contributed by atoms with van der Waals surface area (Å²) in [6.45, 7) is 5.16. The first-order chi connectivity index (χ1) is 13.5. The van der Waals surface area contributed by atoms with Gasteiger partial charge in [0.2, 0.25) is 10.0 Å². The maximum absolute atomic E-state index is 12.9. The van der Waals surface area contributed by atoms with Crippen molar-refractivity contribution in [2.24, 2.45) is 0 Å². The van der Waals surface area contributed by atoms with Crippen molar-refractivity contribution in [3.63, 3.8) is 0 Å². The van der Waals surface area contributed by atoms with Crippen LogP contribution in [-0.4, -0.2) is 60.9 Å². The van der Waals surface area contributed by atoms with Gasteiger partial charge in [0, 0.05) is 43.8 Å². The van der Waals surface area contributed by atoms with Crippen molar-refractivity contribution < 1.29 is 13.2 Å². The first kappa shape index (κ1) is 19.8. The monoisotopic (exact) mass is 421 g/mol. The largest absolute Gasteiger partial charge is 0.467 e. The highest BCUT2D eigenvalue weighted by Gasteiger charge is 2.33. The summed E-state index contributed by atoms with van der Waals surface area (Å²) in [6, 6.07) is 7.61. The molecule has 28 heavy (non-hydrogen) atoms. The lowest BCUT2D eigenvalue weighted by atomic mass is 10.00. The molecule has 8 heteroatoms. The molecule has 0 spiro atoms. The minimum Gasteiger partial charge on any atom is -0.467 e. The van der Waals surface area contributed by atoms with E-state index in [1.54, 1.807) is 22.6 Å². The first-order valence-corrected chi connectivity index (χ1v) is 12.2. The Morgan fingerprint density at radius 1 is 1.04 bits per heavy atom. The molecule has 0 radical (unpaired) electrons. The molecule has 0 atom stereocenters. The molecular weight excluding hydrogens is 394 g/mol. The van der Waals surface area contributed by atoms with Crippen LogP contribution in [0, 0.1) is 6.92 Å². The molecule has 0 bridgehead atoms. The van der Waals surface area contributed by atoms with Crippen molar-refractivity contribution in [1.82, 2.24) is 14.2 Å². The van der Waals surface area contributed by atoms with E-state index < -0.39 is 10.0 Å². The Morgan fingerprint density at radius 3 is 2.32 bits per heavy atom. The van der Waals surface area contributed by atoms with Gasteiger partial charge in [-0.25, -0.2) is 13.4 Å². The van der Waals surface area contributed by atoms with Gasteiger partial charge in [0.1, 0.15) is 6.10 Å². The number of piperidine rings is 2. The summed E-state index contributed by atoms with van der Waals surface area (Å²) in [5.41, 5.74) is 1.07. The van der Waals surface area contributed by atoms with Gasteiger partial charge >= 0.3 is 0 Å². The van der Waals surface area contributed by atoms with Crippen molar-refractivity contribution in [2.45, 2.75) is 49.6 Å². The van der Waals surface area contributed by atoms with Gasteiger partial charge in [-0.3, -0.25) is 0 Å². The Labute approximate surface area is 171 Å². The molecule has 2 saturated heterocycles. The topological polar surface area (TPSA) is 62.7 Å². The van der Waals surface area contributed by atoms with Gasteiger partial charge in [0.15, 0.2) is 0 Å². The maximum atomic E-state index is 12.9. The van der Waals surface area contributed by atoms with E-state index in [9.17, 15) is 8.42 Å². The second kappa shape index (κ2) is 8.49. The molecule has 2 fully saturated rings. The molecular formula is C20H27N3O3S2. The number of benzene rings is 1. The molecule has 0 unspecified atom stereocenters. The number of aromatic nitrogens is 1. The molecule has 0 aliphatic carbocycles. The molecule has 2 aliphatic rings. The van der Waals surface area contributed by atoms with Crippen LogP contribution in [0.5, 0.6) is 5.19 Å². The number of hydrogen-bond donors (Lipinski definition) is 0. The number of likely N-dealkylation sites (tertiary alicyclic amines) is 1. The lowest BCUT2D eigenvalue weighted by molar-refractivity contribution is 0.0584. The molecule has 0 saturated carbocycles. The summed E-state index contributed by atoms with van der Waals surface area (Å²) in [4.78, 5) is 7.11. The Balaban J connectivity index is 1.28. The highest BCUT2D eigenvalue weighted by Crippen LogP contribution is 2.27. The third-order valence-electron chi connectivity index (χ3n) is 5.75. The number of hydrogen-bond acceptors (Lipinski definition) is 6. The van der Waals surface area contributed by atoms with Crippen LogP contribution in [0.15, 0.2) is 40.7 Å². The van der Waals surface area contributed by atoms with Gasteiger partial charge in [-0.15, -0.1) is 0 Å². The van der Waals surface area contributed by atoms with Gasteiger partial charge in [0.25, 0.3) is 5.19 Å². The van der Waals surface area contributed by atoms with E-state index in [4.69, 9.17) is 4.74 Å². The summed E-state index contributed by atoms with van der Waals surface area (Å²) in [6.07, 6.45) is 5.80. The minimum absolute atomic E-state index is 0.240. The van der Waals surface area contributed by atoms with E-state index in [1.807, 2.05) is 24.4 Å². The quantitative estimate of drug-likeness (QED) is 0.742. The number of sulfonamides is 1.